The molecule has 0 radical (unpaired) electrons. The number of piperidine rings is 1. The summed E-state index contributed by atoms with van der Waals surface area (Å²) >= 11 is 0. The Balaban J connectivity index is 1.44. The van der Waals surface area contributed by atoms with Crippen molar-refractivity contribution in [3.63, 3.8) is 0 Å². The predicted octanol–water partition coefficient (Wildman–Crippen LogP) is 2.24. The van der Waals surface area contributed by atoms with Crippen LogP contribution in [0.3, 0.4) is 0 Å². The molecule has 10 heteroatoms. The topological polar surface area (TPSA) is 100 Å². The largest absolute Gasteiger partial charge is 0.481 e. The SMILES string of the molecule is C[C@@H]1CCC[C@H]1N1CC[C@@H](NC(=O)c2cn(-c3ccc(F)cc3F)nn2)[C@H](C(=O)O)C1. The third kappa shape index (κ3) is 4.43. The Kier molecular flexibility index (Phi) is 5.99. The maximum Gasteiger partial charge on any atom is 0.309 e. The summed E-state index contributed by atoms with van der Waals surface area (Å²) in [7, 11) is 0. The summed E-state index contributed by atoms with van der Waals surface area (Å²) in [5.74, 6) is -3.27. The Morgan fingerprint density at radius 2 is 2.03 bits per heavy atom. The van der Waals surface area contributed by atoms with Gasteiger partial charge in [-0.05, 0) is 37.3 Å². The molecule has 31 heavy (non-hydrogen) atoms. The minimum Gasteiger partial charge on any atom is -0.481 e. The second-order valence-corrected chi connectivity index (χ2v) is 8.43. The summed E-state index contributed by atoms with van der Waals surface area (Å²) in [4.78, 5) is 26.8. The first kappa shape index (κ1) is 21.4. The van der Waals surface area contributed by atoms with Crippen LogP contribution in [0.1, 0.15) is 43.1 Å². The summed E-state index contributed by atoms with van der Waals surface area (Å²) in [6, 6.07) is 2.85. The van der Waals surface area contributed by atoms with Gasteiger partial charge in [0.25, 0.3) is 5.91 Å². The molecule has 1 saturated heterocycles. The van der Waals surface area contributed by atoms with Crippen LogP contribution in [-0.2, 0) is 4.79 Å². The third-order valence-electron chi connectivity index (χ3n) is 6.45. The highest BCUT2D eigenvalue weighted by Gasteiger charge is 2.40. The lowest BCUT2D eigenvalue weighted by molar-refractivity contribution is -0.145. The van der Waals surface area contributed by atoms with Crippen molar-refractivity contribution in [2.45, 2.75) is 44.7 Å². The molecule has 2 heterocycles. The number of carboxylic acids is 1. The molecule has 2 fully saturated rings. The average molecular weight is 433 g/mol. The molecule has 1 saturated carbocycles. The molecule has 166 valence electrons. The van der Waals surface area contributed by atoms with E-state index in [1.807, 2.05) is 0 Å². The Labute approximate surface area is 178 Å². The number of carboxylic acid groups (broad SMARTS) is 1. The van der Waals surface area contributed by atoms with Crippen LogP contribution in [0.4, 0.5) is 8.78 Å². The molecule has 0 spiro atoms. The van der Waals surface area contributed by atoms with Crippen molar-refractivity contribution < 1.29 is 23.5 Å². The van der Waals surface area contributed by atoms with E-state index in [-0.39, 0.29) is 11.4 Å². The van der Waals surface area contributed by atoms with Gasteiger partial charge in [-0.2, -0.15) is 0 Å². The van der Waals surface area contributed by atoms with E-state index in [0.717, 1.165) is 36.6 Å². The maximum atomic E-state index is 14.0. The Morgan fingerprint density at radius 3 is 2.71 bits per heavy atom. The molecule has 1 aliphatic heterocycles. The Bertz CT molecular complexity index is 982. The molecule has 4 atom stereocenters. The van der Waals surface area contributed by atoms with Crippen molar-refractivity contribution in [3.05, 3.63) is 41.7 Å². The van der Waals surface area contributed by atoms with Crippen LogP contribution >= 0.6 is 0 Å². The second kappa shape index (κ2) is 8.70. The lowest BCUT2D eigenvalue weighted by atomic mass is 9.89. The quantitative estimate of drug-likeness (QED) is 0.750. The van der Waals surface area contributed by atoms with Gasteiger partial charge < -0.3 is 10.4 Å². The van der Waals surface area contributed by atoms with Crippen molar-refractivity contribution in [1.29, 1.82) is 0 Å². The fourth-order valence-electron chi connectivity index (χ4n) is 4.76. The number of aliphatic carboxylic acids is 1. The van der Waals surface area contributed by atoms with E-state index in [1.54, 1.807) is 0 Å². The molecule has 0 bridgehead atoms. The van der Waals surface area contributed by atoms with Gasteiger partial charge in [-0.15, -0.1) is 5.10 Å². The maximum absolute atomic E-state index is 14.0. The minimum atomic E-state index is -0.947. The van der Waals surface area contributed by atoms with Crippen LogP contribution in [-0.4, -0.2) is 62.0 Å². The van der Waals surface area contributed by atoms with Crippen LogP contribution in [0, 0.1) is 23.5 Å². The molecule has 1 aliphatic carbocycles. The normalized spacial score (nSPS) is 26.7. The molecule has 1 aromatic heterocycles. The van der Waals surface area contributed by atoms with Crippen molar-refractivity contribution in [1.82, 2.24) is 25.2 Å². The van der Waals surface area contributed by atoms with Crippen LogP contribution < -0.4 is 5.32 Å². The third-order valence-corrected chi connectivity index (χ3v) is 6.45. The average Bonchev–Trinajstić information content (AvgIpc) is 3.37. The number of amides is 1. The molecular weight excluding hydrogens is 408 g/mol. The first-order valence-electron chi connectivity index (χ1n) is 10.5. The molecule has 8 nitrogen and oxygen atoms in total. The number of likely N-dealkylation sites (tertiary alicyclic amines) is 1. The fourth-order valence-corrected chi connectivity index (χ4v) is 4.76. The summed E-state index contributed by atoms with van der Waals surface area (Å²) in [5, 5.41) is 20.0. The van der Waals surface area contributed by atoms with Gasteiger partial charge in [0.1, 0.15) is 11.5 Å². The number of nitrogens with zero attached hydrogens (tertiary/aromatic N) is 4. The number of hydrogen-bond donors (Lipinski definition) is 2. The highest BCUT2D eigenvalue weighted by molar-refractivity contribution is 5.92. The van der Waals surface area contributed by atoms with E-state index in [1.165, 1.54) is 12.3 Å². The lowest BCUT2D eigenvalue weighted by Crippen LogP contribution is -2.56. The minimum absolute atomic E-state index is 0.0460. The van der Waals surface area contributed by atoms with Gasteiger partial charge in [0, 0.05) is 31.2 Å². The number of carbonyl (C=O) groups excluding carboxylic acids is 1. The number of halogens is 2. The van der Waals surface area contributed by atoms with Crippen molar-refractivity contribution >= 4 is 11.9 Å². The highest BCUT2D eigenvalue weighted by Crippen LogP contribution is 2.32. The van der Waals surface area contributed by atoms with Gasteiger partial charge in [-0.3, -0.25) is 14.5 Å². The van der Waals surface area contributed by atoms with Crippen LogP contribution in [0.2, 0.25) is 0 Å². The standard InChI is InChI=1S/C21H25F2N5O3/c1-12-3-2-4-18(12)27-8-7-16(14(10-27)21(30)31)24-20(29)17-11-28(26-25-17)19-6-5-13(22)9-15(19)23/h5-6,9,11-12,14,16,18H,2-4,7-8,10H2,1H3,(H,24,29)(H,30,31)/t12-,14-,16-,18-/m1/s1. The van der Waals surface area contributed by atoms with Gasteiger partial charge >= 0.3 is 5.97 Å². The molecule has 1 aromatic carbocycles. The number of carbonyl (C=O) groups is 2. The van der Waals surface area contributed by atoms with Crippen molar-refractivity contribution in [2.75, 3.05) is 13.1 Å². The number of nitrogens with one attached hydrogen (secondary N) is 1. The molecule has 2 N–H and O–H groups in total. The summed E-state index contributed by atoms with van der Waals surface area (Å²) in [5.41, 5.74) is -0.116. The van der Waals surface area contributed by atoms with E-state index < -0.39 is 35.5 Å². The second-order valence-electron chi connectivity index (χ2n) is 8.43. The zero-order valence-corrected chi connectivity index (χ0v) is 17.2. The number of rotatable bonds is 5. The highest BCUT2D eigenvalue weighted by atomic mass is 19.1. The van der Waals surface area contributed by atoms with Gasteiger partial charge in [0.05, 0.1) is 12.1 Å². The molecule has 1 amide bonds. The van der Waals surface area contributed by atoms with Crippen molar-refractivity contribution in [2.24, 2.45) is 11.8 Å². The molecular formula is C21H25F2N5O3. The predicted molar refractivity (Wildman–Crippen MR) is 107 cm³/mol. The van der Waals surface area contributed by atoms with Crippen LogP contribution in [0.5, 0.6) is 0 Å². The van der Waals surface area contributed by atoms with Gasteiger partial charge in [-0.1, -0.05) is 18.6 Å². The molecule has 2 aliphatic rings. The molecule has 0 unspecified atom stereocenters. The van der Waals surface area contributed by atoms with Gasteiger partial charge in [0.2, 0.25) is 0 Å². The fraction of sp³-hybridized carbons (Fsp3) is 0.524. The number of hydrogen-bond acceptors (Lipinski definition) is 5. The smallest absolute Gasteiger partial charge is 0.309 e. The van der Waals surface area contributed by atoms with Crippen molar-refractivity contribution in [3.8, 4) is 5.69 Å². The number of benzene rings is 1. The molecule has 4 rings (SSSR count). The lowest BCUT2D eigenvalue weighted by Gasteiger charge is -2.41. The van der Waals surface area contributed by atoms with E-state index in [9.17, 15) is 23.5 Å². The monoisotopic (exact) mass is 433 g/mol. The molecule has 2 aromatic rings. The van der Waals surface area contributed by atoms with Crippen LogP contribution in [0.15, 0.2) is 24.4 Å². The Morgan fingerprint density at radius 1 is 1.23 bits per heavy atom. The van der Waals surface area contributed by atoms with E-state index in [2.05, 4.69) is 27.5 Å². The van der Waals surface area contributed by atoms with Gasteiger partial charge in [-0.25, -0.2) is 13.5 Å². The first-order valence-corrected chi connectivity index (χ1v) is 10.5. The van der Waals surface area contributed by atoms with E-state index in [4.69, 9.17) is 0 Å². The zero-order valence-electron chi connectivity index (χ0n) is 17.2. The van der Waals surface area contributed by atoms with E-state index >= 15 is 0 Å². The van der Waals surface area contributed by atoms with Crippen LogP contribution in [0.25, 0.3) is 5.69 Å². The first-order chi connectivity index (χ1) is 14.8. The van der Waals surface area contributed by atoms with E-state index in [0.29, 0.717) is 31.0 Å². The Hall–Kier alpha value is -2.88. The zero-order chi connectivity index (χ0) is 22.1. The summed E-state index contributed by atoms with van der Waals surface area (Å²) in [6.45, 7) is 3.31. The van der Waals surface area contributed by atoms with Gasteiger partial charge in [0.15, 0.2) is 11.5 Å². The number of aromatic nitrogens is 3. The summed E-state index contributed by atoms with van der Waals surface area (Å²) in [6.07, 6.45) is 5.14. The summed E-state index contributed by atoms with van der Waals surface area (Å²) < 4.78 is 28.1.